The van der Waals surface area contributed by atoms with Crippen molar-refractivity contribution in [1.82, 2.24) is 10.2 Å². The molecule has 0 atom stereocenters. The molecule has 0 radical (unpaired) electrons. The van der Waals surface area contributed by atoms with E-state index in [1.165, 1.54) is 5.56 Å². The zero-order chi connectivity index (χ0) is 13.2. The first-order valence-electron chi connectivity index (χ1n) is 6.44. The van der Waals surface area contributed by atoms with Crippen LogP contribution in [0.2, 0.25) is 0 Å². The van der Waals surface area contributed by atoms with Crippen molar-refractivity contribution in [2.24, 2.45) is 0 Å². The van der Waals surface area contributed by atoms with Crippen molar-refractivity contribution >= 4 is 15.9 Å². The summed E-state index contributed by atoms with van der Waals surface area (Å²) in [6.07, 6.45) is 0. The quantitative estimate of drug-likeness (QED) is 0.709. The minimum atomic E-state index is 0.796. The summed E-state index contributed by atoms with van der Waals surface area (Å²) in [5, 5.41) is 3.37. The van der Waals surface area contributed by atoms with E-state index in [1.807, 2.05) is 6.92 Å². The molecule has 102 valence electrons. The molecule has 18 heavy (non-hydrogen) atoms. The second-order valence-electron chi connectivity index (χ2n) is 4.31. The summed E-state index contributed by atoms with van der Waals surface area (Å²) in [7, 11) is 2.14. The highest BCUT2D eigenvalue weighted by atomic mass is 79.9. The van der Waals surface area contributed by atoms with Crippen LogP contribution in [0.1, 0.15) is 12.5 Å². The van der Waals surface area contributed by atoms with Gasteiger partial charge >= 0.3 is 0 Å². The highest BCUT2D eigenvalue weighted by molar-refractivity contribution is 9.10. The number of hydrogen-bond acceptors (Lipinski definition) is 3. The van der Waals surface area contributed by atoms with Gasteiger partial charge in [-0.25, -0.2) is 0 Å². The second-order valence-corrected chi connectivity index (χ2v) is 5.23. The van der Waals surface area contributed by atoms with Gasteiger partial charge < -0.3 is 15.0 Å². The monoisotopic (exact) mass is 314 g/mol. The van der Waals surface area contributed by atoms with Gasteiger partial charge in [-0.15, -0.1) is 0 Å². The van der Waals surface area contributed by atoms with Crippen molar-refractivity contribution in [3.63, 3.8) is 0 Å². The fourth-order valence-corrected chi connectivity index (χ4v) is 2.16. The van der Waals surface area contributed by atoms with Crippen LogP contribution in [0.25, 0.3) is 0 Å². The van der Waals surface area contributed by atoms with E-state index in [2.05, 4.69) is 57.5 Å². The number of ether oxygens (including phenoxy) is 1. The number of benzene rings is 1. The third-order valence-electron chi connectivity index (χ3n) is 2.64. The lowest BCUT2D eigenvalue weighted by Gasteiger charge is -2.17. The zero-order valence-corrected chi connectivity index (χ0v) is 12.9. The number of rotatable bonds is 9. The first-order chi connectivity index (χ1) is 8.72. The smallest absolute Gasteiger partial charge is 0.0590 e. The lowest BCUT2D eigenvalue weighted by atomic mass is 10.2. The maximum atomic E-state index is 5.27. The fourth-order valence-electron chi connectivity index (χ4n) is 1.71. The first-order valence-corrected chi connectivity index (χ1v) is 7.23. The van der Waals surface area contributed by atoms with Crippen LogP contribution in [0.3, 0.4) is 0 Å². The number of halogens is 1. The Morgan fingerprint density at radius 2 is 2.17 bits per heavy atom. The molecular formula is C14H23BrN2O. The minimum absolute atomic E-state index is 0.796. The van der Waals surface area contributed by atoms with Gasteiger partial charge in [0.1, 0.15) is 0 Å². The van der Waals surface area contributed by atoms with E-state index in [0.717, 1.165) is 43.9 Å². The number of hydrogen-bond donors (Lipinski definition) is 1. The van der Waals surface area contributed by atoms with Gasteiger partial charge in [0.05, 0.1) is 6.61 Å². The van der Waals surface area contributed by atoms with Gasteiger partial charge in [0.2, 0.25) is 0 Å². The first kappa shape index (κ1) is 15.6. The van der Waals surface area contributed by atoms with Crippen molar-refractivity contribution in [1.29, 1.82) is 0 Å². The average molecular weight is 315 g/mol. The summed E-state index contributed by atoms with van der Waals surface area (Å²) in [4.78, 5) is 2.31. The van der Waals surface area contributed by atoms with E-state index >= 15 is 0 Å². The van der Waals surface area contributed by atoms with Crippen LogP contribution in [0, 0.1) is 0 Å². The number of nitrogens with zero attached hydrogens (tertiary/aromatic N) is 1. The van der Waals surface area contributed by atoms with Gasteiger partial charge in [0.25, 0.3) is 0 Å². The molecule has 0 fully saturated rings. The van der Waals surface area contributed by atoms with Crippen molar-refractivity contribution in [2.45, 2.75) is 13.5 Å². The standard InChI is InChI=1S/C14H23BrN2O/c1-3-18-10-8-16-7-9-17(2)12-13-5-4-6-14(15)11-13/h4-6,11,16H,3,7-10,12H2,1-2H3. The summed E-state index contributed by atoms with van der Waals surface area (Å²) in [6.45, 7) is 7.56. The molecule has 0 aliphatic rings. The zero-order valence-electron chi connectivity index (χ0n) is 11.3. The molecule has 0 unspecified atom stereocenters. The topological polar surface area (TPSA) is 24.5 Å². The molecule has 0 saturated carbocycles. The lowest BCUT2D eigenvalue weighted by molar-refractivity contribution is 0.148. The predicted octanol–water partition coefficient (Wildman–Crippen LogP) is 2.51. The van der Waals surface area contributed by atoms with Crippen molar-refractivity contribution in [3.8, 4) is 0 Å². The Balaban J connectivity index is 2.12. The molecule has 0 bridgehead atoms. The molecule has 1 aromatic rings. The van der Waals surface area contributed by atoms with E-state index in [1.54, 1.807) is 0 Å². The lowest BCUT2D eigenvalue weighted by Crippen LogP contribution is -2.30. The van der Waals surface area contributed by atoms with Gasteiger partial charge in [0.15, 0.2) is 0 Å². The van der Waals surface area contributed by atoms with Gasteiger partial charge in [-0.3, -0.25) is 0 Å². The third kappa shape index (κ3) is 7.11. The molecule has 0 aromatic heterocycles. The van der Waals surface area contributed by atoms with E-state index in [4.69, 9.17) is 4.74 Å². The normalized spacial score (nSPS) is 11.1. The molecule has 0 aliphatic carbocycles. The fraction of sp³-hybridized carbons (Fsp3) is 0.571. The van der Waals surface area contributed by atoms with Gasteiger partial charge in [-0.1, -0.05) is 28.1 Å². The maximum Gasteiger partial charge on any atom is 0.0590 e. The van der Waals surface area contributed by atoms with Gasteiger partial charge in [-0.05, 0) is 31.7 Å². The Bertz CT molecular complexity index is 333. The van der Waals surface area contributed by atoms with Gasteiger partial charge in [0, 0.05) is 37.3 Å². The number of likely N-dealkylation sites (N-methyl/N-ethyl adjacent to an activating group) is 1. The Kier molecular flexibility index (Phi) is 8.25. The molecule has 0 heterocycles. The predicted molar refractivity (Wildman–Crippen MR) is 79.8 cm³/mol. The Labute approximate surface area is 119 Å². The molecule has 0 saturated heterocycles. The highest BCUT2D eigenvalue weighted by Gasteiger charge is 2.00. The van der Waals surface area contributed by atoms with Crippen LogP contribution in [0.15, 0.2) is 28.7 Å². The van der Waals surface area contributed by atoms with Crippen LogP contribution >= 0.6 is 15.9 Å². The highest BCUT2D eigenvalue weighted by Crippen LogP contribution is 2.12. The summed E-state index contributed by atoms with van der Waals surface area (Å²) >= 11 is 3.50. The Morgan fingerprint density at radius 3 is 2.89 bits per heavy atom. The Hall–Kier alpha value is -0.420. The minimum Gasteiger partial charge on any atom is -0.380 e. The van der Waals surface area contributed by atoms with Crippen LogP contribution in [-0.4, -0.2) is 44.8 Å². The molecule has 0 aliphatic heterocycles. The van der Waals surface area contributed by atoms with Crippen LogP contribution < -0.4 is 5.32 Å². The summed E-state index contributed by atoms with van der Waals surface area (Å²) in [6, 6.07) is 8.45. The second kappa shape index (κ2) is 9.50. The Morgan fingerprint density at radius 1 is 1.33 bits per heavy atom. The number of nitrogens with one attached hydrogen (secondary N) is 1. The van der Waals surface area contributed by atoms with E-state index in [9.17, 15) is 0 Å². The van der Waals surface area contributed by atoms with Crippen LogP contribution in [0.5, 0.6) is 0 Å². The van der Waals surface area contributed by atoms with E-state index < -0.39 is 0 Å². The maximum absolute atomic E-state index is 5.27. The summed E-state index contributed by atoms with van der Waals surface area (Å²) < 4.78 is 6.41. The van der Waals surface area contributed by atoms with Crippen molar-refractivity contribution in [3.05, 3.63) is 34.3 Å². The summed E-state index contributed by atoms with van der Waals surface area (Å²) in [5.74, 6) is 0. The molecule has 3 nitrogen and oxygen atoms in total. The van der Waals surface area contributed by atoms with Crippen molar-refractivity contribution < 1.29 is 4.74 Å². The van der Waals surface area contributed by atoms with E-state index in [0.29, 0.717) is 0 Å². The van der Waals surface area contributed by atoms with Crippen LogP contribution in [-0.2, 0) is 11.3 Å². The molecule has 1 N–H and O–H groups in total. The molecule has 1 aromatic carbocycles. The average Bonchev–Trinajstić information content (AvgIpc) is 2.33. The third-order valence-corrected chi connectivity index (χ3v) is 3.13. The molecule has 0 spiro atoms. The molecular weight excluding hydrogens is 292 g/mol. The largest absolute Gasteiger partial charge is 0.380 e. The molecule has 0 amide bonds. The SMILES string of the molecule is CCOCCNCCN(C)Cc1cccc(Br)c1. The van der Waals surface area contributed by atoms with E-state index in [-0.39, 0.29) is 0 Å². The van der Waals surface area contributed by atoms with Crippen molar-refractivity contribution in [2.75, 3.05) is 39.9 Å². The van der Waals surface area contributed by atoms with Gasteiger partial charge in [-0.2, -0.15) is 0 Å². The van der Waals surface area contributed by atoms with Crippen LogP contribution in [0.4, 0.5) is 0 Å². The molecule has 1 rings (SSSR count). The summed E-state index contributed by atoms with van der Waals surface area (Å²) in [5.41, 5.74) is 1.33. The molecule has 4 heteroatoms.